The highest BCUT2D eigenvalue weighted by molar-refractivity contribution is 5.30. The minimum absolute atomic E-state index is 0.176. The Bertz CT molecular complexity index is 621. The quantitative estimate of drug-likeness (QED) is 0.846. The van der Waals surface area contributed by atoms with Crippen molar-refractivity contribution in [1.82, 2.24) is 19.7 Å². The van der Waals surface area contributed by atoms with Crippen molar-refractivity contribution in [2.75, 3.05) is 31.2 Å². The SMILES string of the molecule is c1cnc(N2CCOCC3(CCC(Cn4cccn4)O3)C2)nc1. The largest absolute Gasteiger partial charge is 0.377 e. The summed E-state index contributed by atoms with van der Waals surface area (Å²) < 4.78 is 14.2. The van der Waals surface area contributed by atoms with Crippen LogP contribution in [0.3, 0.4) is 0 Å². The lowest BCUT2D eigenvalue weighted by atomic mass is 10.0. The molecule has 0 radical (unpaired) electrons. The Morgan fingerprint density at radius 3 is 2.96 bits per heavy atom. The van der Waals surface area contributed by atoms with Crippen LogP contribution >= 0.6 is 0 Å². The molecule has 1 spiro atoms. The van der Waals surface area contributed by atoms with Crippen LogP contribution in [-0.4, -0.2) is 57.8 Å². The van der Waals surface area contributed by atoms with Crippen LogP contribution in [0.15, 0.2) is 36.9 Å². The van der Waals surface area contributed by atoms with Crippen molar-refractivity contribution in [3.63, 3.8) is 0 Å². The van der Waals surface area contributed by atoms with E-state index in [-0.39, 0.29) is 11.7 Å². The minimum Gasteiger partial charge on any atom is -0.377 e. The number of rotatable bonds is 3. The molecule has 2 aliphatic heterocycles. The Morgan fingerprint density at radius 1 is 1.22 bits per heavy atom. The van der Waals surface area contributed by atoms with Gasteiger partial charge in [-0.25, -0.2) is 9.97 Å². The van der Waals surface area contributed by atoms with Crippen LogP contribution in [-0.2, 0) is 16.0 Å². The lowest BCUT2D eigenvalue weighted by Crippen LogP contribution is -2.45. The van der Waals surface area contributed by atoms with Gasteiger partial charge >= 0.3 is 0 Å². The van der Waals surface area contributed by atoms with Crippen molar-refractivity contribution in [3.05, 3.63) is 36.9 Å². The molecular formula is C16H21N5O2. The van der Waals surface area contributed by atoms with Crippen LogP contribution in [0.2, 0.25) is 0 Å². The smallest absolute Gasteiger partial charge is 0.225 e. The number of ether oxygens (including phenoxy) is 2. The van der Waals surface area contributed by atoms with E-state index >= 15 is 0 Å². The first-order valence-corrected chi connectivity index (χ1v) is 8.08. The van der Waals surface area contributed by atoms with E-state index in [4.69, 9.17) is 9.47 Å². The van der Waals surface area contributed by atoms with Crippen molar-refractivity contribution >= 4 is 5.95 Å². The molecule has 0 saturated carbocycles. The van der Waals surface area contributed by atoms with Gasteiger partial charge in [0.2, 0.25) is 5.95 Å². The maximum Gasteiger partial charge on any atom is 0.225 e. The van der Waals surface area contributed by atoms with Gasteiger partial charge in [-0.1, -0.05) is 0 Å². The van der Waals surface area contributed by atoms with Gasteiger partial charge in [0.1, 0.15) is 5.60 Å². The molecule has 0 aliphatic carbocycles. The highest BCUT2D eigenvalue weighted by Gasteiger charge is 2.43. The van der Waals surface area contributed by atoms with E-state index < -0.39 is 0 Å². The van der Waals surface area contributed by atoms with Crippen LogP contribution in [0.4, 0.5) is 5.95 Å². The second-order valence-corrected chi connectivity index (χ2v) is 6.21. The van der Waals surface area contributed by atoms with Crippen molar-refractivity contribution in [1.29, 1.82) is 0 Å². The Kier molecular flexibility index (Phi) is 3.97. The van der Waals surface area contributed by atoms with E-state index in [2.05, 4.69) is 20.0 Å². The second-order valence-electron chi connectivity index (χ2n) is 6.21. The van der Waals surface area contributed by atoms with Crippen molar-refractivity contribution in [3.8, 4) is 0 Å². The third-order valence-corrected chi connectivity index (χ3v) is 4.47. The topological polar surface area (TPSA) is 65.3 Å². The van der Waals surface area contributed by atoms with Gasteiger partial charge in [-0.2, -0.15) is 5.10 Å². The summed E-state index contributed by atoms with van der Waals surface area (Å²) in [6.07, 6.45) is 9.51. The van der Waals surface area contributed by atoms with Crippen LogP contribution in [0.1, 0.15) is 12.8 Å². The lowest BCUT2D eigenvalue weighted by Gasteiger charge is -2.31. The van der Waals surface area contributed by atoms with E-state index in [9.17, 15) is 0 Å². The molecule has 7 heteroatoms. The summed E-state index contributed by atoms with van der Waals surface area (Å²) in [5, 5.41) is 4.27. The maximum absolute atomic E-state index is 6.41. The predicted octanol–water partition coefficient (Wildman–Crippen LogP) is 1.13. The molecule has 2 aromatic heterocycles. The highest BCUT2D eigenvalue weighted by atomic mass is 16.6. The molecule has 2 aliphatic rings. The lowest BCUT2D eigenvalue weighted by molar-refractivity contribution is -0.0807. The fourth-order valence-corrected chi connectivity index (χ4v) is 3.39. The number of hydrogen-bond acceptors (Lipinski definition) is 6. The molecule has 0 amide bonds. The summed E-state index contributed by atoms with van der Waals surface area (Å²) in [6, 6.07) is 3.77. The Morgan fingerprint density at radius 2 is 2.13 bits per heavy atom. The van der Waals surface area contributed by atoms with Crippen molar-refractivity contribution in [2.45, 2.75) is 31.1 Å². The van der Waals surface area contributed by atoms with Crippen LogP contribution in [0, 0.1) is 0 Å². The Balaban J connectivity index is 1.47. The van der Waals surface area contributed by atoms with Crippen molar-refractivity contribution < 1.29 is 9.47 Å². The minimum atomic E-state index is -0.270. The van der Waals surface area contributed by atoms with E-state index in [1.54, 1.807) is 18.6 Å². The van der Waals surface area contributed by atoms with Crippen molar-refractivity contribution in [2.24, 2.45) is 0 Å². The second kappa shape index (κ2) is 6.25. The van der Waals surface area contributed by atoms with Gasteiger partial charge < -0.3 is 14.4 Å². The predicted molar refractivity (Wildman–Crippen MR) is 84.1 cm³/mol. The zero-order valence-corrected chi connectivity index (χ0v) is 13.0. The Labute approximate surface area is 135 Å². The average molecular weight is 315 g/mol. The highest BCUT2D eigenvalue weighted by Crippen LogP contribution is 2.34. The Hall–Kier alpha value is -1.99. The molecule has 4 rings (SSSR count). The zero-order chi connectivity index (χ0) is 15.5. The molecule has 2 atom stereocenters. The molecule has 122 valence electrons. The standard InChI is InChI=1S/C16H21N5O2/c1-5-17-15(18-6-1)20-9-10-22-13-16(12-20)4-3-14(23-16)11-21-8-2-7-19-21/h1-2,5-8,14H,3-4,9-13H2. The van der Waals surface area contributed by atoms with Gasteiger partial charge in [-0.3, -0.25) is 4.68 Å². The molecule has 2 aromatic rings. The normalized spacial score (nSPS) is 28.2. The summed E-state index contributed by atoms with van der Waals surface area (Å²) in [5.41, 5.74) is -0.270. The zero-order valence-electron chi connectivity index (χ0n) is 13.0. The number of hydrogen-bond donors (Lipinski definition) is 0. The van der Waals surface area contributed by atoms with Crippen LogP contribution < -0.4 is 4.90 Å². The molecule has 0 aromatic carbocycles. The molecule has 7 nitrogen and oxygen atoms in total. The summed E-state index contributed by atoms with van der Waals surface area (Å²) in [7, 11) is 0. The molecule has 0 bridgehead atoms. The van der Waals surface area contributed by atoms with Gasteiger partial charge in [-0.15, -0.1) is 0 Å². The van der Waals surface area contributed by atoms with Gasteiger partial charge in [0.05, 0.1) is 32.4 Å². The van der Waals surface area contributed by atoms with E-state index in [0.29, 0.717) is 13.2 Å². The molecule has 2 fully saturated rings. The third kappa shape index (κ3) is 3.20. The molecule has 4 heterocycles. The van der Waals surface area contributed by atoms with Crippen LogP contribution in [0.5, 0.6) is 0 Å². The van der Waals surface area contributed by atoms with Gasteiger partial charge in [0, 0.05) is 31.3 Å². The number of anilines is 1. The summed E-state index contributed by atoms with van der Waals surface area (Å²) in [5.74, 6) is 0.747. The number of aromatic nitrogens is 4. The van der Waals surface area contributed by atoms with Gasteiger partial charge in [0.25, 0.3) is 0 Å². The summed E-state index contributed by atoms with van der Waals surface area (Å²) in [4.78, 5) is 10.9. The van der Waals surface area contributed by atoms with Gasteiger partial charge in [-0.05, 0) is 25.0 Å². The summed E-state index contributed by atoms with van der Waals surface area (Å²) in [6.45, 7) is 3.65. The monoisotopic (exact) mass is 315 g/mol. The average Bonchev–Trinajstić information content (AvgIpc) is 3.17. The maximum atomic E-state index is 6.41. The molecular weight excluding hydrogens is 294 g/mol. The molecule has 23 heavy (non-hydrogen) atoms. The molecule has 0 N–H and O–H groups in total. The van der Waals surface area contributed by atoms with Gasteiger partial charge in [0.15, 0.2) is 0 Å². The van der Waals surface area contributed by atoms with E-state index in [1.807, 2.05) is 23.0 Å². The van der Waals surface area contributed by atoms with E-state index in [0.717, 1.165) is 38.4 Å². The first kappa shape index (κ1) is 14.6. The first-order valence-electron chi connectivity index (χ1n) is 8.08. The van der Waals surface area contributed by atoms with E-state index in [1.165, 1.54) is 0 Å². The van der Waals surface area contributed by atoms with Crippen LogP contribution in [0.25, 0.3) is 0 Å². The number of nitrogens with zero attached hydrogens (tertiary/aromatic N) is 5. The summed E-state index contributed by atoms with van der Waals surface area (Å²) >= 11 is 0. The molecule has 2 saturated heterocycles. The molecule has 2 unspecified atom stereocenters. The third-order valence-electron chi connectivity index (χ3n) is 4.47. The fraction of sp³-hybridized carbons (Fsp3) is 0.562. The fourth-order valence-electron chi connectivity index (χ4n) is 3.39. The first-order chi connectivity index (χ1) is 11.3.